The Hall–Kier alpha value is -7.16. The Balaban J connectivity index is 0.000000262. The highest BCUT2D eigenvalue weighted by molar-refractivity contribution is 5.78. The third kappa shape index (κ3) is 24.8. The fraction of sp³-hybridized carbons (Fsp3) is 0.720. The quantitative estimate of drug-likeness (QED) is 0.0374. The topological polar surface area (TPSA) is 296 Å². The molecule has 4 fully saturated rings. The van der Waals surface area contributed by atoms with Crippen molar-refractivity contribution in [3.05, 3.63) is 92.8 Å². The first-order chi connectivity index (χ1) is 79.9. The summed E-state index contributed by atoms with van der Waals surface area (Å²) in [6.07, 6.45) is -35.9. The number of rotatable bonds is 24. The maximum Gasteiger partial charge on any atom is 0.323 e. The highest BCUT2D eigenvalue weighted by Gasteiger charge is 2.49. The first-order valence-electron chi connectivity index (χ1n) is 68.2. The van der Waals surface area contributed by atoms with Gasteiger partial charge in [0.05, 0.1) is 78.7 Å². The van der Waals surface area contributed by atoms with Gasteiger partial charge in [-0.05, 0) is 189 Å². The van der Waals surface area contributed by atoms with Crippen molar-refractivity contribution >= 4 is 23.9 Å². The van der Waals surface area contributed by atoms with E-state index in [1.54, 1.807) is 83.1 Å². The Morgan fingerprint density at radius 3 is 0.831 bits per heavy atom. The summed E-state index contributed by atoms with van der Waals surface area (Å²) in [5.41, 5.74) is 17.3. The van der Waals surface area contributed by atoms with Gasteiger partial charge in [-0.1, -0.05) is 138 Å². The van der Waals surface area contributed by atoms with Crippen molar-refractivity contribution in [1.82, 2.24) is 19.6 Å². The molecule has 12 rings (SSSR count). The largest absolute Gasteiger partial charge is 0.493 e. The minimum atomic E-state index is -3.30. The van der Waals surface area contributed by atoms with E-state index >= 15 is 0 Å². The van der Waals surface area contributed by atoms with Gasteiger partial charge >= 0.3 is 23.9 Å². The molecule has 0 bridgehead atoms. The Kier molecular flexibility index (Phi) is 16.6. The molecule has 24 nitrogen and oxygen atoms in total. The van der Waals surface area contributed by atoms with Gasteiger partial charge in [0.1, 0.15) is 48.5 Å². The lowest BCUT2D eigenvalue weighted by atomic mass is 9.79. The number of piperidine rings is 4. The van der Waals surface area contributed by atoms with E-state index in [-0.39, 0.29) is 39.7 Å². The van der Waals surface area contributed by atoms with Crippen molar-refractivity contribution in [3.8, 4) is 46.0 Å². The van der Waals surface area contributed by atoms with E-state index in [4.69, 9.17) is 154 Å². The van der Waals surface area contributed by atoms with Crippen LogP contribution in [0.5, 0.6) is 46.0 Å². The molecule has 0 aliphatic carbocycles. The van der Waals surface area contributed by atoms with E-state index in [1.165, 1.54) is 28.4 Å². The van der Waals surface area contributed by atoms with Gasteiger partial charge in [0.2, 0.25) is 0 Å². The second-order valence-corrected chi connectivity index (χ2v) is 35.2. The van der Waals surface area contributed by atoms with Crippen LogP contribution < -0.4 is 60.8 Å². The van der Waals surface area contributed by atoms with E-state index in [9.17, 15) is 21.9 Å². The molecule has 0 saturated carbocycles. The van der Waals surface area contributed by atoms with Crippen LogP contribution >= 0.6 is 0 Å². The molecule has 8 N–H and O–H groups in total. The number of esters is 4. The number of carbonyl (C=O) groups is 4. The van der Waals surface area contributed by atoms with Crippen LogP contribution in [-0.2, 0) is 63.6 Å². The Labute approximate surface area is 822 Å². The fourth-order valence-corrected chi connectivity index (χ4v) is 14.4. The molecule has 0 amide bonds. The first-order valence-corrected chi connectivity index (χ1v) is 40.2. The third-order valence-electron chi connectivity index (χ3n) is 21.7. The summed E-state index contributed by atoms with van der Waals surface area (Å²) >= 11 is 0. The molecule has 20 atom stereocenters. The minimum Gasteiger partial charge on any atom is -0.493 e. The van der Waals surface area contributed by atoms with Crippen LogP contribution in [0, 0.1) is 68.9 Å². The van der Waals surface area contributed by atoms with Crippen LogP contribution in [0.25, 0.3) is 0 Å². The van der Waals surface area contributed by atoms with Crippen LogP contribution in [0.1, 0.15) is 335 Å². The van der Waals surface area contributed by atoms with Crippen molar-refractivity contribution < 1.29 is 153 Å². The highest BCUT2D eigenvalue weighted by atomic mass is 16.6. The van der Waals surface area contributed by atoms with Crippen molar-refractivity contribution in [1.29, 1.82) is 0 Å². The highest BCUT2D eigenvalue weighted by Crippen LogP contribution is 2.51. The van der Waals surface area contributed by atoms with E-state index in [0.29, 0.717) is 0 Å². The van der Waals surface area contributed by atoms with Gasteiger partial charge in [0.25, 0.3) is 0 Å². The van der Waals surface area contributed by atoms with Gasteiger partial charge < -0.3 is 79.8 Å². The maximum atomic E-state index is 13.4. The van der Waals surface area contributed by atoms with Crippen LogP contribution in [-0.4, -0.2) is 201 Å². The average molecular weight is 1790 g/mol. The molecule has 8 aliphatic heterocycles. The summed E-state index contributed by atoms with van der Waals surface area (Å²) in [5, 5.41) is 0. The van der Waals surface area contributed by atoms with Gasteiger partial charge in [-0.2, -0.15) is 0 Å². The Morgan fingerprint density at radius 1 is 0.379 bits per heavy atom. The second-order valence-electron chi connectivity index (χ2n) is 35.2. The molecule has 0 aromatic heterocycles. The van der Waals surface area contributed by atoms with E-state index in [2.05, 4.69) is 0 Å². The Bertz CT molecular complexity index is 6940. The summed E-state index contributed by atoms with van der Waals surface area (Å²) in [6, 6.07) is -16.1. The zero-order chi connectivity index (χ0) is 141. The number of ether oxygens (including phenoxy) is 12. The average Bonchev–Trinajstić information content (AvgIpc) is 0.682. The van der Waals surface area contributed by atoms with Gasteiger partial charge in [-0.15, -0.1) is 0 Å². The number of fused-ring (bicyclic) bond motifs is 12. The molecule has 696 valence electrons. The monoisotopic (exact) mass is 1790 g/mol. The number of nitrogens with zero attached hydrogens (tertiary/aromatic N) is 4. The summed E-state index contributed by atoms with van der Waals surface area (Å²) in [5.74, 6) is -27.1. The van der Waals surface area contributed by atoms with Gasteiger partial charge in [0.15, 0.2) is 46.0 Å². The van der Waals surface area contributed by atoms with Crippen molar-refractivity contribution in [2.24, 2.45) is 91.8 Å². The molecule has 0 radical (unpaired) electrons. The number of methoxy groups -OCH3 is 8. The molecule has 16 unspecified atom stereocenters. The summed E-state index contributed by atoms with van der Waals surface area (Å²) in [6.45, 7) is -5.62. The summed E-state index contributed by atoms with van der Waals surface area (Å²) in [4.78, 5) is 56.6. The minimum absolute atomic E-state index is 0.132. The predicted octanol–water partition coefficient (Wildman–Crippen LogP) is 15.8. The summed E-state index contributed by atoms with van der Waals surface area (Å²) in [7, 11) is 0.529. The van der Waals surface area contributed by atoms with Crippen molar-refractivity contribution in [3.63, 3.8) is 0 Å². The molecule has 24 heteroatoms. The van der Waals surface area contributed by atoms with Crippen LogP contribution in [0.3, 0.4) is 0 Å². The second kappa shape index (κ2) is 42.8. The number of benzene rings is 4. The van der Waals surface area contributed by atoms with E-state index in [0.717, 1.165) is 61.5 Å². The number of nitrogens with two attached hydrogens (primary N) is 4. The zero-order valence-corrected chi connectivity index (χ0v) is 74.4. The molecular weight excluding hydrogens is 1570 g/mol. The molecule has 0 spiro atoms. The van der Waals surface area contributed by atoms with Crippen molar-refractivity contribution in [2.45, 2.75) is 288 Å². The molecular formula is C100H160N8O16. The number of carbonyl (C=O) groups excluding carboxylic acids is 4. The van der Waals surface area contributed by atoms with Crippen LogP contribution in [0.2, 0.25) is 0 Å². The molecule has 8 aliphatic rings. The molecule has 124 heavy (non-hydrogen) atoms. The predicted molar refractivity (Wildman–Crippen MR) is 490 cm³/mol. The third-order valence-corrected chi connectivity index (χ3v) is 21.7. The lowest BCUT2D eigenvalue weighted by Gasteiger charge is -2.47. The Morgan fingerprint density at radius 2 is 0.597 bits per heavy atom. The summed E-state index contributed by atoms with van der Waals surface area (Å²) < 4.78 is 541. The fourth-order valence-electron chi connectivity index (χ4n) is 14.4. The lowest BCUT2D eigenvalue weighted by Crippen LogP contribution is -2.51. The maximum absolute atomic E-state index is 13.4. The van der Waals surface area contributed by atoms with Crippen LogP contribution in [0.4, 0.5) is 0 Å². The lowest BCUT2D eigenvalue weighted by molar-refractivity contribution is -0.162. The molecule has 4 saturated heterocycles. The van der Waals surface area contributed by atoms with Gasteiger partial charge in [-0.3, -0.25) is 38.8 Å². The van der Waals surface area contributed by atoms with Gasteiger partial charge in [-0.25, -0.2) is 0 Å². The first kappa shape index (κ1) is 47.9. The molecule has 4 aromatic rings. The standard InChI is InChI=1S/4C25H40N2O4/c4*1-15(2)10-17-14-27-9-8-16-11-21(29-6)22(30-7)12-18(16)19(27)13-20(17)31-24(28)23(26)25(3,4)5/h4*11-12,15,17,19-20,23H,8-10,13-14,26H2,1-7H3/t4*17?,19?,20?,23-/m1111/s1/i1D3,6D3,8D2,9D2,10D2,11D,12D,15D,20D;1D3,8D2,9D2,10D2,11D,12D,15D,20D;1D3,6D3,8D2,9D2,10D2,11D,12D,15D;1D3,8D2,9D2,10D2,11D,12D,15D/t4*15?,17?,19?,20?,23-. The van der Waals surface area contributed by atoms with Crippen LogP contribution in [0.15, 0.2) is 48.3 Å². The zero-order valence-electron chi connectivity index (χ0n) is 130. The number of hydrogen-bond acceptors (Lipinski definition) is 24. The molecule has 8 heterocycles. The van der Waals surface area contributed by atoms with Crippen molar-refractivity contribution in [2.75, 3.05) is 109 Å². The van der Waals surface area contributed by atoms with E-state index in [1.807, 2.05) is 0 Å². The normalized spacial score (nSPS) is 38.9. The number of hydrogen-bond donors (Lipinski definition) is 4. The van der Waals surface area contributed by atoms with Gasteiger partial charge in [0, 0.05) is 181 Å². The molecule has 4 aromatic carbocycles. The SMILES string of the molecule is [2H]c1c(OC)c(OC([2H])([2H])[2H])c([2H])c2c1C1CC(OC(=O)[C@@H](N)C(C)(C)C)C(C([2H])([2H])C([2H])(C)C([2H])([2H])[2H])CN1C([2H])([2H])C2([2H])[2H].[2H]c1c(OC)c(OC([2H])([2H])[2H])c([2H])c2c1C1CC([2H])(OC(=O)[C@@H](N)C(C)(C)C)C(C([2H])([2H])C([2H])(C)C([2H])([2H])[2H])CN1C([2H])([2H])C2([2H])[2H].[2H]c1c(OC)c(OC)c([2H])c2c1C1CC(OC(=O)[C@@H](N)C(C)(C)C)C(C([2H])([2H])C([2H])(C)C([2H])([2H])[2H])CN1C([2H])([2H])C2([2H])[2H].[2H]c1c(OC)c(OC)c([2H])c2c1C1CC([2H])(OC(=O)[C@@H](N)C(C)(C)C)C(C([2H])([2H])C([2H])(C)C([2H])([2H])[2H])CN1C([2H])([2H])C2([2H])[2H]. The van der Waals surface area contributed by atoms with E-state index < -0.39 is 435 Å². The smallest absolute Gasteiger partial charge is 0.323 e.